The molecule has 1 heterocycles. The number of halogens is 1. The summed E-state index contributed by atoms with van der Waals surface area (Å²) in [6.07, 6.45) is 2.65. The summed E-state index contributed by atoms with van der Waals surface area (Å²) in [6.45, 7) is 8.27. The van der Waals surface area contributed by atoms with E-state index in [0.29, 0.717) is 18.3 Å². The van der Waals surface area contributed by atoms with Crippen LogP contribution in [0.15, 0.2) is 47.6 Å². The van der Waals surface area contributed by atoms with Crippen molar-refractivity contribution in [1.82, 2.24) is 15.6 Å². The van der Waals surface area contributed by atoms with E-state index in [2.05, 4.69) is 65.6 Å². The van der Waals surface area contributed by atoms with E-state index >= 15 is 0 Å². The summed E-state index contributed by atoms with van der Waals surface area (Å²) in [7, 11) is 1.77. The van der Waals surface area contributed by atoms with Crippen LogP contribution < -0.4 is 10.6 Å². The molecule has 0 bridgehead atoms. The molecule has 0 unspecified atom stereocenters. The van der Waals surface area contributed by atoms with Gasteiger partial charge in [-0.25, -0.2) is 4.98 Å². The molecule has 1 aromatic carbocycles. The van der Waals surface area contributed by atoms with Crippen molar-refractivity contribution in [2.24, 2.45) is 4.99 Å². The van der Waals surface area contributed by atoms with Crippen molar-refractivity contribution in [2.45, 2.75) is 45.9 Å². The monoisotopic (exact) mass is 388 g/mol. The highest BCUT2D eigenvalue weighted by Gasteiger charge is 2.10. The highest BCUT2D eigenvalue weighted by molar-refractivity contribution is 6.29. The lowest BCUT2D eigenvalue weighted by molar-refractivity contribution is -0.0149. The van der Waals surface area contributed by atoms with E-state index in [1.807, 2.05) is 6.07 Å². The minimum absolute atomic E-state index is 0.139. The molecule has 0 radical (unpaired) electrons. The lowest BCUT2D eigenvalue weighted by Gasteiger charge is -2.19. The summed E-state index contributed by atoms with van der Waals surface area (Å²) < 4.78 is 5.85. The predicted molar refractivity (Wildman–Crippen MR) is 112 cm³/mol. The summed E-state index contributed by atoms with van der Waals surface area (Å²) in [6, 6.07) is 12.2. The van der Waals surface area contributed by atoms with Gasteiger partial charge in [0, 0.05) is 26.3 Å². The van der Waals surface area contributed by atoms with Gasteiger partial charge in [0.05, 0.1) is 12.2 Å². The highest BCUT2D eigenvalue weighted by Crippen LogP contribution is 2.13. The maximum Gasteiger partial charge on any atom is 0.191 e. The lowest BCUT2D eigenvalue weighted by atomic mass is 10.1. The predicted octanol–water partition coefficient (Wildman–Crippen LogP) is 3.96. The van der Waals surface area contributed by atoms with E-state index in [9.17, 15) is 0 Å². The molecule has 0 saturated carbocycles. The van der Waals surface area contributed by atoms with E-state index in [1.165, 1.54) is 11.1 Å². The minimum Gasteiger partial charge on any atom is -0.371 e. The van der Waals surface area contributed by atoms with E-state index in [-0.39, 0.29) is 5.60 Å². The topological polar surface area (TPSA) is 58.5 Å². The zero-order chi connectivity index (χ0) is 19.7. The molecule has 0 fully saturated rings. The third-order valence-corrected chi connectivity index (χ3v) is 4.07. The fourth-order valence-electron chi connectivity index (χ4n) is 2.42. The molecule has 5 nitrogen and oxygen atoms in total. The summed E-state index contributed by atoms with van der Waals surface area (Å²) in [5.41, 5.74) is 3.35. The standard InChI is InChI=1S/C21H29ClN4O/c1-21(2,3)27-15-18-7-5-6-17(12-18)14-26-20(23-4)24-11-10-16-8-9-19(22)25-13-16/h5-9,12-13H,10-11,14-15H2,1-4H3,(H2,23,24,26). The number of hydrogen-bond acceptors (Lipinski definition) is 3. The molecule has 0 spiro atoms. The van der Waals surface area contributed by atoms with Crippen LogP contribution in [0.4, 0.5) is 0 Å². The van der Waals surface area contributed by atoms with E-state index < -0.39 is 0 Å². The van der Waals surface area contributed by atoms with Gasteiger partial charge in [-0.15, -0.1) is 0 Å². The molecule has 0 amide bonds. The van der Waals surface area contributed by atoms with Crippen molar-refractivity contribution in [3.63, 3.8) is 0 Å². The highest BCUT2D eigenvalue weighted by atomic mass is 35.5. The fraction of sp³-hybridized carbons (Fsp3) is 0.429. The molecule has 0 atom stereocenters. The van der Waals surface area contributed by atoms with Crippen molar-refractivity contribution < 1.29 is 4.74 Å². The first-order valence-corrected chi connectivity index (χ1v) is 9.50. The molecular formula is C21H29ClN4O. The van der Waals surface area contributed by atoms with Gasteiger partial charge in [0.15, 0.2) is 5.96 Å². The van der Waals surface area contributed by atoms with Gasteiger partial charge in [-0.2, -0.15) is 0 Å². The molecule has 27 heavy (non-hydrogen) atoms. The molecule has 0 aliphatic carbocycles. The number of guanidine groups is 1. The number of pyridine rings is 1. The van der Waals surface area contributed by atoms with Gasteiger partial charge >= 0.3 is 0 Å². The number of ether oxygens (including phenoxy) is 1. The Bertz CT molecular complexity index is 739. The van der Waals surface area contributed by atoms with Crippen molar-refractivity contribution in [1.29, 1.82) is 0 Å². The van der Waals surface area contributed by atoms with Crippen molar-refractivity contribution in [2.75, 3.05) is 13.6 Å². The fourth-order valence-corrected chi connectivity index (χ4v) is 2.53. The molecule has 6 heteroatoms. The second kappa shape index (κ2) is 10.3. The van der Waals surface area contributed by atoms with Crippen LogP contribution in [-0.2, 0) is 24.3 Å². The molecule has 146 valence electrons. The molecule has 0 saturated heterocycles. The normalized spacial score (nSPS) is 12.1. The smallest absolute Gasteiger partial charge is 0.191 e. The number of aromatic nitrogens is 1. The van der Waals surface area contributed by atoms with Crippen LogP contribution in [0.2, 0.25) is 5.15 Å². The summed E-state index contributed by atoms with van der Waals surface area (Å²) in [4.78, 5) is 8.37. The largest absolute Gasteiger partial charge is 0.371 e. The first kappa shape index (κ1) is 21.2. The number of hydrogen-bond donors (Lipinski definition) is 2. The average Bonchev–Trinajstić information content (AvgIpc) is 2.64. The van der Waals surface area contributed by atoms with Gasteiger partial charge in [-0.3, -0.25) is 4.99 Å². The molecule has 0 aliphatic heterocycles. The van der Waals surface area contributed by atoms with Gasteiger partial charge in [0.25, 0.3) is 0 Å². The van der Waals surface area contributed by atoms with E-state index in [1.54, 1.807) is 19.3 Å². The van der Waals surface area contributed by atoms with Crippen LogP contribution in [0, 0.1) is 0 Å². The van der Waals surface area contributed by atoms with Crippen LogP contribution in [-0.4, -0.2) is 30.1 Å². The maximum atomic E-state index is 5.85. The van der Waals surface area contributed by atoms with Crippen molar-refractivity contribution in [3.05, 3.63) is 64.4 Å². The number of aliphatic imine (C=N–C) groups is 1. The van der Waals surface area contributed by atoms with Gasteiger partial charge < -0.3 is 15.4 Å². The molecular weight excluding hydrogens is 360 g/mol. The Morgan fingerprint density at radius 2 is 1.89 bits per heavy atom. The van der Waals surface area contributed by atoms with E-state index in [4.69, 9.17) is 16.3 Å². The second-order valence-corrected chi connectivity index (χ2v) is 7.70. The Morgan fingerprint density at radius 1 is 1.11 bits per heavy atom. The van der Waals surface area contributed by atoms with Gasteiger partial charge in [-0.1, -0.05) is 41.9 Å². The minimum atomic E-state index is -0.139. The third kappa shape index (κ3) is 8.41. The first-order chi connectivity index (χ1) is 12.9. The Labute approximate surface area is 167 Å². The van der Waals surface area contributed by atoms with Gasteiger partial charge in [0.2, 0.25) is 0 Å². The Kier molecular flexibility index (Phi) is 8.07. The molecule has 2 N–H and O–H groups in total. The van der Waals surface area contributed by atoms with Gasteiger partial charge in [-0.05, 0) is 49.9 Å². The maximum absolute atomic E-state index is 5.85. The van der Waals surface area contributed by atoms with Crippen molar-refractivity contribution in [3.8, 4) is 0 Å². The molecule has 0 aliphatic rings. The van der Waals surface area contributed by atoms with Crippen LogP contribution in [0.25, 0.3) is 0 Å². The van der Waals surface area contributed by atoms with Crippen LogP contribution in [0.3, 0.4) is 0 Å². The third-order valence-electron chi connectivity index (χ3n) is 3.84. The summed E-state index contributed by atoms with van der Waals surface area (Å²) in [5.74, 6) is 0.772. The lowest BCUT2D eigenvalue weighted by Crippen LogP contribution is -2.37. The zero-order valence-electron chi connectivity index (χ0n) is 16.6. The second-order valence-electron chi connectivity index (χ2n) is 7.31. The number of rotatable bonds is 7. The summed E-state index contributed by atoms with van der Waals surface area (Å²) >= 11 is 5.81. The van der Waals surface area contributed by atoms with Crippen LogP contribution in [0.1, 0.15) is 37.5 Å². The average molecular weight is 389 g/mol. The van der Waals surface area contributed by atoms with Gasteiger partial charge in [0.1, 0.15) is 5.15 Å². The van der Waals surface area contributed by atoms with Crippen molar-refractivity contribution >= 4 is 17.6 Å². The molecule has 1 aromatic heterocycles. The van der Waals surface area contributed by atoms with Crippen LogP contribution >= 0.6 is 11.6 Å². The molecule has 2 aromatic rings. The molecule has 2 rings (SSSR count). The zero-order valence-corrected chi connectivity index (χ0v) is 17.3. The quantitative estimate of drug-likeness (QED) is 0.428. The number of nitrogens with one attached hydrogen (secondary N) is 2. The van der Waals surface area contributed by atoms with E-state index in [0.717, 1.165) is 24.5 Å². The summed E-state index contributed by atoms with van der Waals surface area (Å²) in [5, 5.41) is 7.17. The number of nitrogens with zero attached hydrogens (tertiary/aromatic N) is 2. The van der Waals surface area contributed by atoms with Crippen LogP contribution in [0.5, 0.6) is 0 Å². The SMILES string of the molecule is CN=C(NCCc1ccc(Cl)nc1)NCc1cccc(COC(C)(C)C)c1. The Balaban J connectivity index is 1.79. The Hall–Kier alpha value is -2.11. The first-order valence-electron chi connectivity index (χ1n) is 9.12. The Morgan fingerprint density at radius 3 is 2.56 bits per heavy atom. The number of benzene rings is 1.